The van der Waals surface area contributed by atoms with Gasteiger partial charge < -0.3 is 10.6 Å². The summed E-state index contributed by atoms with van der Waals surface area (Å²) in [5, 5.41) is 6.79. The smallest absolute Gasteiger partial charge is 0.308 e. The van der Waals surface area contributed by atoms with E-state index in [-0.39, 0.29) is 5.56 Å². The maximum Gasteiger partial charge on any atom is 0.323 e. The van der Waals surface area contributed by atoms with Crippen molar-refractivity contribution in [3.05, 3.63) is 93.0 Å². The van der Waals surface area contributed by atoms with Crippen molar-refractivity contribution in [2.75, 3.05) is 10.6 Å². The van der Waals surface area contributed by atoms with Crippen LogP contribution in [0.4, 0.5) is 16.2 Å². The molecule has 0 radical (unpaired) electrons. The van der Waals surface area contributed by atoms with E-state index in [1.54, 1.807) is 60.0 Å². The van der Waals surface area contributed by atoms with Crippen molar-refractivity contribution in [2.24, 2.45) is 0 Å². The summed E-state index contributed by atoms with van der Waals surface area (Å²) in [5.41, 5.74) is 2.21. The van der Waals surface area contributed by atoms with Crippen LogP contribution in [0.3, 0.4) is 0 Å². The summed E-state index contributed by atoms with van der Waals surface area (Å²) >= 11 is 11.9. The fourth-order valence-corrected chi connectivity index (χ4v) is 3.69. The zero-order valence-corrected chi connectivity index (χ0v) is 17.3. The van der Waals surface area contributed by atoms with Crippen molar-refractivity contribution in [1.82, 2.24) is 9.55 Å². The van der Waals surface area contributed by atoms with E-state index in [1.807, 2.05) is 18.2 Å². The number of urea groups is 1. The number of fused-ring (bicyclic) bond motifs is 1. The Labute approximate surface area is 182 Å². The third kappa shape index (κ3) is 4.15. The van der Waals surface area contributed by atoms with Crippen molar-refractivity contribution >= 4 is 51.5 Å². The highest BCUT2D eigenvalue weighted by atomic mass is 35.5. The second-order valence-electron chi connectivity index (χ2n) is 6.60. The Morgan fingerprint density at radius 3 is 2.23 bits per heavy atom. The summed E-state index contributed by atoms with van der Waals surface area (Å²) in [7, 11) is 0. The van der Waals surface area contributed by atoms with E-state index in [1.165, 1.54) is 0 Å². The number of amides is 2. The number of nitrogens with one attached hydrogen (secondary N) is 2. The van der Waals surface area contributed by atoms with Crippen LogP contribution in [0.15, 0.2) is 71.5 Å². The number of nitrogens with zero attached hydrogens (tertiary/aromatic N) is 2. The molecule has 30 heavy (non-hydrogen) atoms. The Bertz CT molecular complexity index is 1300. The van der Waals surface area contributed by atoms with Gasteiger partial charge >= 0.3 is 6.03 Å². The van der Waals surface area contributed by atoms with Crippen molar-refractivity contribution in [2.45, 2.75) is 6.92 Å². The Balaban J connectivity index is 1.55. The maximum atomic E-state index is 12.9. The quantitative estimate of drug-likeness (QED) is 0.434. The first-order valence-corrected chi connectivity index (χ1v) is 9.79. The van der Waals surface area contributed by atoms with Crippen LogP contribution >= 0.6 is 23.2 Å². The molecule has 2 N–H and O–H groups in total. The van der Waals surface area contributed by atoms with Crippen LogP contribution in [0.1, 0.15) is 5.82 Å². The number of benzene rings is 3. The molecule has 6 nitrogen and oxygen atoms in total. The summed E-state index contributed by atoms with van der Waals surface area (Å²) in [4.78, 5) is 29.6. The summed E-state index contributed by atoms with van der Waals surface area (Å²) in [6.45, 7) is 1.78. The lowest BCUT2D eigenvalue weighted by molar-refractivity contribution is 0.262. The number of hydrogen-bond donors (Lipinski definition) is 2. The van der Waals surface area contributed by atoms with E-state index in [2.05, 4.69) is 15.6 Å². The number of carbonyl (C=O) groups excluding carboxylic acids is 1. The molecule has 1 heterocycles. The van der Waals surface area contributed by atoms with Gasteiger partial charge in [-0.05, 0) is 61.5 Å². The average molecular weight is 439 g/mol. The molecule has 2 amide bonds. The van der Waals surface area contributed by atoms with Gasteiger partial charge in [0.2, 0.25) is 0 Å². The van der Waals surface area contributed by atoms with Gasteiger partial charge in [0.1, 0.15) is 5.82 Å². The number of carbonyl (C=O) groups is 1. The lowest BCUT2D eigenvalue weighted by Gasteiger charge is -2.12. The molecular weight excluding hydrogens is 423 g/mol. The predicted molar refractivity (Wildman–Crippen MR) is 121 cm³/mol. The SMILES string of the molecule is Cc1nc2ccccc2c(=O)n1-c1ccc(NC(=O)Nc2cc(Cl)cc(Cl)c2)cc1. The van der Waals surface area contributed by atoms with Crippen LogP contribution in [0, 0.1) is 6.92 Å². The van der Waals surface area contributed by atoms with Crippen LogP contribution in [-0.2, 0) is 0 Å². The number of hydrogen-bond acceptors (Lipinski definition) is 3. The second kappa shape index (κ2) is 8.18. The second-order valence-corrected chi connectivity index (χ2v) is 7.47. The van der Waals surface area contributed by atoms with Gasteiger partial charge in [-0.25, -0.2) is 9.78 Å². The fourth-order valence-electron chi connectivity index (χ4n) is 3.16. The molecule has 4 aromatic rings. The molecule has 0 saturated heterocycles. The van der Waals surface area contributed by atoms with Gasteiger partial charge in [0.05, 0.1) is 16.6 Å². The maximum absolute atomic E-state index is 12.9. The van der Waals surface area contributed by atoms with Crippen molar-refractivity contribution < 1.29 is 4.79 Å². The predicted octanol–water partition coefficient (Wildman–Crippen LogP) is 5.64. The lowest BCUT2D eigenvalue weighted by Crippen LogP contribution is -2.22. The Morgan fingerprint density at radius 2 is 1.53 bits per heavy atom. The standard InChI is InChI=1S/C22H16Cl2N4O2/c1-13-25-20-5-3-2-4-19(20)21(29)28(13)18-8-6-16(7-9-18)26-22(30)27-17-11-14(23)10-15(24)12-17/h2-12H,1H3,(H2,26,27,30). The van der Waals surface area contributed by atoms with Crippen molar-refractivity contribution in [3.63, 3.8) is 0 Å². The normalized spacial score (nSPS) is 10.8. The first-order valence-electron chi connectivity index (χ1n) is 9.04. The molecule has 0 fully saturated rings. The van der Waals surface area contributed by atoms with Crippen LogP contribution in [-0.4, -0.2) is 15.6 Å². The van der Waals surface area contributed by atoms with Crippen LogP contribution in [0.5, 0.6) is 0 Å². The molecule has 4 rings (SSSR count). The van der Waals surface area contributed by atoms with Gasteiger partial charge in [0.25, 0.3) is 5.56 Å². The first kappa shape index (κ1) is 19.9. The number of rotatable bonds is 3. The van der Waals surface area contributed by atoms with Crippen LogP contribution in [0.25, 0.3) is 16.6 Å². The molecular formula is C22H16Cl2N4O2. The minimum Gasteiger partial charge on any atom is -0.308 e. The Hall–Kier alpha value is -3.35. The highest BCUT2D eigenvalue weighted by Gasteiger charge is 2.10. The lowest BCUT2D eigenvalue weighted by atomic mass is 10.2. The third-order valence-electron chi connectivity index (χ3n) is 4.45. The number of para-hydroxylation sites is 1. The number of aryl methyl sites for hydroxylation is 1. The molecule has 1 aromatic heterocycles. The minimum atomic E-state index is -0.443. The first-order chi connectivity index (χ1) is 14.4. The van der Waals surface area contributed by atoms with E-state index < -0.39 is 6.03 Å². The van der Waals surface area contributed by atoms with E-state index in [4.69, 9.17) is 23.2 Å². The van der Waals surface area contributed by atoms with Gasteiger partial charge in [-0.15, -0.1) is 0 Å². The molecule has 0 aliphatic heterocycles. The van der Waals surface area contributed by atoms with Gasteiger partial charge in [-0.2, -0.15) is 0 Å². The zero-order chi connectivity index (χ0) is 21.3. The summed E-state index contributed by atoms with van der Waals surface area (Å²) in [5.74, 6) is 0.579. The van der Waals surface area contributed by atoms with E-state index >= 15 is 0 Å². The number of anilines is 2. The topological polar surface area (TPSA) is 76.0 Å². The van der Waals surface area contributed by atoms with Gasteiger partial charge in [0, 0.05) is 21.4 Å². The van der Waals surface area contributed by atoms with Crippen molar-refractivity contribution in [3.8, 4) is 5.69 Å². The third-order valence-corrected chi connectivity index (χ3v) is 4.88. The molecule has 0 atom stereocenters. The van der Waals surface area contributed by atoms with Gasteiger partial charge in [0.15, 0.2) is 0 Å². The van der Waals surface area contributed by atoms with E-state index in [0.717, 1.165) is 0 Å². The largest absolute Gasteiger partial charge is 0.323 e. The highest BCUT2D eigenvalue weighted by Crippen LogP contribution is 2.23. The molecule has 0 unspecified atom stereocenters. The molecule has 3 aromatic carbocycles. The molecule has 0 spiro atoms. The minimum absolute atomic E-state index is 0.144. The fraction of sp³-hybridized carbons (Fsp3) is 0.0455. The summed E-state index contributed by atoms with van der Waals surface area (Å²) in [6.07, 6.45) is 0. The monoisotopic (exact) mass is 438 g/mol. The average Bonchev–Trinajstić information content (AvgIpc) is 2.68. The molecule has 8 heteroatoms. The Kier molecular flexibility index (Phi) is 5.44. The zero-order valence-electron chi connectivity index (χ0n) is 15.8. The number of halogens is 2. The number of aromatic nitrogens is 2. The summed E-state index contributed by atoms with van der Waals surface area (Å²) in [6, 6.07) is 18.5. The molecule has 150 valence electrons. The van der Waals surface area contributed by atoms with Crippen LogP contribution < -0.4 is 16.2 Å². The van der Waals surface area contributed by atoms with E-state index in [9.17, 15) is 9.59 Å². The van der Waals surface area contributed by atoms with Crippen LogP contribution in [0.2, 0.25) is 10.0 Å². The van der Waals surface area contributed by atoms with Gasteiger partial charge in [-0.3, -0.25) is 9.36 Å². The van der Waals surface area contributed by atoms with Crippen molar-refractivity contribution in [1.29, 1.82) is 0 Å². The highest BCUT2D eigenvalue weighted by molar-refractivity contribution is 6.35. The van der Waals surface area contributed by atoms with E-state index in [0.29, 0.717) is 43.8 Å². The molecule has 0 bridgehead atoms. The molecule has 0 aliphatic carbocycles. The van der Waals surface area contributed by atoms with Gasteiger partial charge in [-0.1, -0.05) is 35.3 Å². The summed E-state index contributed by atoms with van der Waals surface area (Å²) < 4.78 is 1.54. The Morgan fingerprint density at radius 1 is 0.900 bits per heavy atom. The molecule has 0 saturated carbocycles. The molecule has 0 aliphatic rings.